The van der Waals surface area contributed by atoms with Gasteiger partial charge in [0, 0.05) is 16.7 Å². The molecule has 1 atom stereocenters. The predicted octanol–water partition coefficient (Wildman–Crippen LogP) is 4.15. The van der Waals surface area contributed by atoms with E-state index in [2.05, 4.69) is 15.5 Å². The van der Waals surface area contributed by atoms with Gasteiger partial charge in [-0.2, -0.15) is 13.2 Å². The minimum atomic E-state index is -4.43. The smallest absolute Gasteiger partial charge is 0.359 e. The lowest BCUT2D eigenvalue weighted by molar-refractivity contribution is -0.138. The van der Waals surface area contributed by atoms with Crippen LogP contribution in [0.1, 0.15) is 11.9 Å². The fourth-order valence-electron chi connectivity index (χ4n) is 1.41. The van der Waals surface area contributed by atoms with Gasteiger partial charge in [-0.1, -0.05) is 36.5 Å². The zero-order valence-corrected chi connectivity index (χ0v) is 12.1. The Morgan fingerprint density at radius 1 is 1.25 bits per heavy atom. The van der Waals surface area contributed by atoms with Crippen molar-refractivity contribution in [2.45, 2.75) is 23.2 Å². The van der Waals surface area contributed by atoms with Crippen LogP contribution in [-0.4, -0.2) is 22.0 Å². The van der Waals surface area contributed by atoms with Crippen LogP contribution in [0.25, 0.3) is 0 Å². The van der Waals surface area contributed by atoms with Gasteiger partial charge in [-0.3, -0.25) is 0 Å². The molecule has 0 bridgehead atoms. The topological polar surface area (TPSA) is 37.8 Å². The number of thioether (sulfide) groups is 1. The molecule has 1 aromatic heterocycles. The molecule has 1 aromatic carbocycles. The van der Waals surface area contributed by atoms with Gasteiger partial charge in [0.25, 0.3) is 0 Å². The van der Waals surface area contributed by atoms with Crippen molar-refractivity contribution < 1.29 is 13.2 Å². The van der Waals surface area contributed by atoms with Crippen molar-refractivity contribution in [3.63, 3.8) is 0 Å². The second-order valence-corrected chi connectivity index (χ2v) is 6.52. The van der Waals surface area contributed by atoms with Gasteiger partial charge < -0.3 is 5.32 Å². The van der Waals surface area contributed by atoms with E-state index < -0.39 is 11.2 Å². The van der Waals surface area contributed by atoms with E-state index in [4.69, 9.17) is 0 Å². The molecule has 0 saturated carbocycles. The van der Waals surface area contributed by atoms with Crippen molar-refractivity contribution in [1.29, 1.82) is 0 Å². The Morgan fingerprint density at radius 3 is 2.55 bits per heavy atom. The molecule has 3 nitrogen and oxygen atoms in total. The summed E-state index contributed by atoms with van der Waals surface area (Å²) in [6.45, 7) is 2.52. The maximum absolute atomic E-state index is 12.4. The Balaban J connectivity index is 1.84. The summed E-state index contributed by atoms with van der Waals surface area (Å²) in [5, 5.41) is 8.96. The van der Waals surface area contributed by atoms with Crippen LogP contribution in [0.2, 0.25) is 0 Å². The van der Waals surface area contributed by atoms with Crippen LogP contribution in [0.5, 0.6) is 0 Å². The molecule has 0 aliphatic heterocycles. The number of halogens is 3. The summed E-state index contributed by atoms with van der Waals surface area (Å²) in [5.41, 5.74) is 0. The van der Waals surface area contributed by atoms with Crippen LogP contribution in [0.3, 0.4) is 0 Å². The van der Waals surface area contributed by atoms with Crippen LogP contribution in [0.4, 0.5) is 18.3 Å². The van der Waals surface area contributed by atoms with Gasteiger partial charge in [-0.05, 0) is 12.1 Å². The molecular weight excluding hydrogens is 307 g/mol. The number of benzene rings is 1. The highest BCUT2D eigenvalue weighted by molar-refractivity contribution is 8.00. The van der Waals surface area contributed by atoms with Crippen molar-refractivity contribution in [2.75, 3.05) is 11.9 Å². The van der Waals surface area contributed by atoms with Crippen molar-refractivity contribution >= 4 is 28.2 Å². The number of anilines is 1. The quantitative estimate of drug-likeness (QED) is 0.840. The van der Waals surface area contributed by atoms with Crippen LogP contribution >= 0.6 is 23.1 Å². The molecule has 2 rings (SSSR count). The molecule has 1 unspecified atom stereocenters. The molecule has 2 aromatic rings. The largest absolute Gasteiger partial charge is 0.445 e. The highest BCUT2D eigenvalue weighted by atomic mass is 32.2. The van der Waals surface area contributed by atoms with E-state index in [0.717, 1.165) is 4.90 Å². The minimum absolute atomic E-state index is 0.192. The summed E-state index contributed by atoms with van der Waals surface area (Å²) in [7, 11) is 0. The van der Waals surface area contributed by atoms with Crippen molar-refractivity contribution in [1.82, 2.24) is 10.2 Å². The normalized spacial score (nSPS) is 13.2. The van der Waals surface area contributed by atoms with Gasteiger partial charge in [0.15, 0.2) is 0 Å². The number of hydrogen-bond acceptors (Lipinski definition) is 5. The lowest BCUT2D eigenvalue weighted by Crippen LogP contribution is -2.12. The highest BCUT2D eigenvalue weighted by Crippen LogP contribution is 2.33. The van der Waals surface area contributed by atoms with E-state index >= 15 is 0 Å². The van der Waals surface area contributed by atoms with Gasteiger partial charge in [-0.25, -0.2) is 0 Å². The van der Waals surface area contributed by atoms with Gasteiger partial charge in [0.1, 0.15) is 0 Å². The molecule has 0 radical (unpaired) electrons. The molecule has 1 N–H and O–H groups in total. The predicted molar refractivity (Wildman–Crippen MR) is 75.2 cm³/mol. The first kappa shape index (κ1) is 15.1. The number of hydrogen-bond donors (Lipinski definition) is 1. The molecule has 20 heavy (non-hydrogen) atoms. The van der Waals surface area contributed by atoms with Crippen molar-refractivity contribution in [2.24, 2.45) is 0 Å². The van der Waals surface area contributed by atoms with E-state index in [1.807, 2.05) is 37.3 Å². The zero-order chi connectivity index (χ0) is 14.6. The average molecular weight is 319 g/mol. The molecule has 8 heteroatoms. The molecule has 0 aliphatic rings. The first-order chi connectivity index (χ1) is 9.45. The van der Waals surface area contributed by atoms with E-state index in [9.17, 15) is 13.2 Å². The standard InChI is InChI=1S/C12H12F3N3S2/c1-8(19-9-5-3-2-4-6-9)7-16-11-18-17-10(20-11)12(13,14)15/h2-6,8H,7H2,1H3,(H,16,18). The van der Waals surface area contributed by atoms with Crippen molar-refractivity contribution in [3.05, 3.63) is 35.3 Å². The second kappa shape index (κ2) is 6.45. The Labute approximate surface area is 122 Å². The second-order valence-electron chi connectivity index (χ2n) is 4.03. The number of nitrogens with one attached hydrogen (secondary N) is 1. The van der Waals surface area contributed by atoms with Gasteiger partial charge >= 0.3 is 6.18 Å². The van der Waals surface area contributed by atoms with Gasteiger partial charge in [0.2, 0.25) is 10.1 Å². The average Bonchev–Trinajstić information content (AvgIpc) is 2.86. The SMILES string of the molecule is CC(CNc1nnc(C(F)(F)F)s1)Sc1ccccc1. The third-order valence-corrected chi connectivity index (χ3v) is 4.33. The van der Waals surface area contributed by atoms with Crippen LogP contribution < -0.4 is 5.32 Å². The molecule has 0 aliphatic carbocycles. The lowest BCUT2D eigenvalue weighted by Gasteiger charge is -2.11. The lowest BCUT2D eigenvalue weighted by atomic mass is 10.4. The Hall–Kier alpha value is -1.28. The molecule has 0 spiro atoms. The zero-order valence-electron chi connectivity index (χ0n) is 10.5. The monoisotopic (exact) mass is 319 g/mol. The summed E-state index contributed by atoms with van der Waals surface area (Å²) in [4.78, 5) is 1.12. The van der Waals surface area contributed by atoms with Crippen molar-refractivity contribution in [3.8, 4) is 0 Å². The summed E-state index contributed by atoms with van der Waals surface area (Å²) >= 11 is 2.17. The molecule has 0 fully saturated rings. The molecule has 108 valence electrons. The van der Waals surface area contributed by atoms with Crippen LogP contribution in [0.15, 0.2) is 35.2 Å². The van der Waals surface area contributed by atoms with Gasteiger partial charge in [-0.15, -0.1) is 22.0 Å². The molecule has 0 saturated heterocycles. The number of nitrogens with zero attached hydrogens (tertiary/aromatic N) is 2. The molecule has 0 amide bonds. The van der Waals surface area contributed by atoms with E-state index in [1.54, 1.807) is 11.8 Å². The van der Waals surface area contributed by atoms with E-state index in [-0.39, 0.29) is 10.4 Å². The van der Waals surface area contributed by atoms with E-state index in [0.29, 0.717) is 17.9 Å². The van der Waals surface area contributed by atoms with Gasteiger partial charge in [0.05, 0.1) is 0 Å². The maximum atomic E-state index is 12.4. The Morgan fingerprint density at radius 2 is 1.95 bits per heavy atom. The van der Waals surface area contributed by atoms with Crippen LogP contribution in [-0.2, 0) is 6.18 Å². The third-order valence-electron chi connectivity index (χ3n) is 2.29. The van der Waals surface area contributed by atoms with E-state index in [1.165, 1.54) is 0 Å². The fourth-order valence-corrected chi connectivity index (χ4v) is 2.98. The minimum Gasteiger partial charge on any atom is -0.359 e. The third kappa shape index (κ3) is 4.38. The Bertz CT molecular complexity index is 542. The summed E-state index contributed by atoms with van der Waals surface area (Å²) < 4.78 is 37.1. The molecular formula is C12H12F3N3S2. The maximum Gasteiger partial charge on any atom is 0.445 e. The fraction of sp³-hybridized carbons (Fsp3) is 0.333. The number of rotatable bonds is 5. The Kier molecular flexibility index (Phi) is 4.87. The summed E-state index contributed by atoms with van der Waals surface area (Å²) in [6, 6.07) is 9.82. The highest BCUT2D eigenvalue weighted by Gasteiger charge is 2.35. The first-order valence-electron chi connectivity index (χ1n) is 5.81. The number of alkyl halides is 3. The summed E-state index contributed by atoms with van der Waals surface area (Å²) in [5.74, 6) is 0. The van der Waals surface area contributed by atoms with Crippen LogP contribution in [0, 0.1) is 0 Å². The number of aromatic nitrogens is 2. The first-order valence-corrected chi connectivity index (χ1v) is 7.51. The molecule has 1 heterocycles. The summed E-state index contributed by atoms with van der Waals surface area (Å²) in [6.07, 6.45) is -4.43.